The highest BCUT2D eigenvalue weighted by atomic mass is 19.4. The van der Waals surface area contributed by atoms with Crippen LogP contribution in [0.1, 0.15) is 19.3 Å². The summed E-state index contributed by atoms with van der Waals surface area (Å²) in [6, 6.07) is 5.37. The van der Waals surface area contributed by atoms with Gasteiger partial charge in [-0.15, -0.1) is 13.2 Å². The van der Waals surface area contributed by atoms with Crippen LogP contribution in [0, 0.1) is 11.3 Å². The Hall–Kier alpha value is -1.92. The predicted molar refractivity (Wildman–Crippen MR) is 73.0 cm³/mol. The standard InChI is InChI=1S/C14H16F3N3O/c15-14(16,17)21-11-3-1-10(2-4-11)20-12(18)19-8-9-7-13(9)5-6-13/h1-4,9H,5-8H2,(H3,18,19,20). The molecule has 1 spiro atoms. The number of aliphatic imine (C=N–C) groups is 1. The summed E-state index contributed by atoms with van der Waals surface area (Å²) >= 11 is 0. The molecule has 3 rings (SSSR count). The van der Waals surface area contributed by atoms with Gasteiger partial charge in [-0.3, -0.25) is 4.99 Å². The number of nitrogens with one attached hydrogen (secondary N) is 1. The fourth-order valence-corrected chi connectivity index (χ4v) is 2.60. The van der Waals surface area contributed by atoms with E-state index in [-0.39, 0.29) is 11.7 Å². The van der Waals surface area contributed by atoms with Gasteiger partial charge in [-0.2, -0.15) is 0 Å². The van der Waals surface area contributed by atoms with Gasteiger partial charge in [-0.05, 0) is 54.9 Å². The predicted octanol–water partition coefficient (Wildman–Crippen LogP) is 3.11. The first kappa shape index (κ1) is 14.0. The van der Waals surface area contributed by atoms with Gasteiger partial charge in [0.2, 0.25) is 0 Å². The summed E-state index contributed by atoms with van der Waals surface area (Å²) in [5, 5.41) is 2.85. The zero-order valence-electron chi connectivity index (χ0n) is 11.3. The smallest absolute Gasteiger partial charge is 0.406 e. The summed E-state index contributed by atoms with van der Waals surface area (Å²) in [4.78, 5) is 4.27. The molecule has 2 saturated carbocycles. The van der Waals surface area contributed by atoms with E-state index in [9.17, 15) is 13.2 Å². The van der Waals surface area contributed by atoms with Gasteiger partial charge < -0.3 is 15.8 Å². The van der Waals surface area contributed by atoms with E-state index in [2.05, 4.69) is 15.0 Å². The zero-order valence-corrected chi connectivity index (χ0v) is 11.3. The van der Waals surface area contributed by atoms with Crippen molar-refractivity contribution in [2.75, 3.05) is 11.9 Å². The van der Waals surface area contributed by atoms with E-state index in [1.54, 1.807) is 0 Å². The molecule has 2 aliphatic rings. The fourth-order valence-electron chi connectivity index (χ4n) is 2.60. The van der Waals surface area contributed by atoms with Crippen LogP contribution in [-0.2, 0) is 0 Å². The molecule has 114 valence electrons. The Balaban J connectivity index is 1.51. The molecule has 4 nitrogen and oxygen atoms in total. The Morgan fingerprint density at radius 3 is 2.52 bits per heavy atom. The molecular weight excluding hydrogens is 283 g/mol. The third-order valence-corrected chi connectivity index (χ3v) is 4.09. The van der Waals surface area contributed by atoms with Gasteiger partial charge in [0.1, 0.15) is 5.75 Å². The number of rotatable bonds is 4. The minimum absolute atomic E-state index is 0.266. The maximum Gasteiger partial charge on any atom is 0.573 e. The molecule has 0 amide bonds. The van der Waals surface area contributed by atoms with Crippen LogP contribution >= 0.6 is 0 Å². The van der Waals surface area contributed by atoms with Crippen molar-refractivity contribution in [2.45, 2.75) is 25.6 Å². The average molecular weight is 299 g/mol. The lowest BCUT2D eigenvalue weighted by molar-refractivity contribution is -0.274. The third-order valence-electron chi connectivity index (χ3n) is 4.09. The molecule has 21 heavy (non-hydrogen) atoms. The van der Waals surface area contributed by atoms with Crippen LogP contribution in [0.15, 0.2) is 29.3 Å². The lowest BCUT2D eigenvalue weighted by atomic mass is 10.3. The molecule has 2 aliphatic carbocycles. The molecule has 1 aromatic carbocycles. The number of nitrogens with two attached hydrogens (primary N) is 1. The van der Waals surface area contributed by atoms with Gasteiger partial charge >= 0.3 is 6.36 Å². The van der Waals surface area contributed by atoms with Crippen molar-refractivity contribution in [3.05, 3.63) is 24.3 Å². The SMILES string of the molecule is NC(=NCC1CC12CC2)Nc1ccc(OC(F)(F)F)cc1. The van der Waals surface area contributed by atoms with Gasteiger partial charge in [-0.1, -0.05) is 0 Å². The lowest BCUT2D eigenvalue weighted by Gasteiger charge is -2.10. The number of hydrogen-bond donors (Lipinski definition) is 2. The molecule has 7 heteroatoms. The molecule has 1 atom stereocenters. The molecular formula is C14H16F3N3O. The Bertz CT molecular complexity index is 550. The van der Waals surface area contributed by atoms with Crippen molar-refractivity contribution >= 4 is 11.6 Å². The van der Waals surface area contributed by atoms with Crippen molar-refractivity contribution in [2.24, 2.45) is 22.1 Å². The molecule has 0 aromatic heterocycles. The number of anilines is 1. The number of guanidine groups is 1. The largest absolute Gasteiger partial charge is 0.573 e. The van der Waals surface area contributed by atoms with Gasteiger partial charge in [0.15, 0.2) is 5.96 Å². The molecule has 3 N–H and O–H groups in total. The summed E-state index contributed by atoms with van der Waals surface area (Å²) in [5.41, 5.74) is 6.91. The topological polar surface area (TPSA) is 59.6 Å². The maximum absolute atomic E-state index is 12.0. The Morgan fingerprint density at radius 2 is 2.00 bits per heavy atom. The lowest BCUT2D eigenvalue weighted by Crippen LogP contribution is -2.23. The molecule has 0 bridgehead atoms. The van der Waals surface area contributed by atoms with Crippen LogP contribution < -0.4 is 15.8 Å². The molecule has 0 heterocycles. The van der Waals surface area contributed by atoms with Crippen LogP contribution in [-0.4, -0.2) is 18.9 Å². The van der Waals surface area contributed by atoms with Crippen LogP contribution in [0.2, 0.25) is 0 Å². The van der Waals surface area contributed by atoms with Gasteiger partial charge in [-0.25, -0.2) is 0 Å². The Labute approximate surface area is 120 Å². The van der Waals surface area contributed by atoms with Gasteiger partial charge in [0.05, 0.1) is 0 Å². The summed E-state index contributed by atoms with van der Waals surface area (Å²) in [6.45, 7) is 0.716. The molecule has 0 radical (unpaired) electrons. The summed E-state index contributed by atoms with van der Waals surface area (Å²) in [5.74, 6) is 0.666. The van der Waals surface area contributed by atoms with Crippen LogP contribution in [0.25, 0.3) is 0 Å². The van der Waals surface area contributed by atoms with E-state index in [4.69, 9.17) is 5.73 Å². The van der Waals surface area contributed by atoms with Crippen LogP contribution in [0.3, 0.4) is 0 Å². The minimum Gasteiger partial charge on any atom is -0.406 e. The highest BCUT2D eigenvalue weighted by Crippen LogP contribution is 2.70. The summed E-state index contributed by atoms with van der Waals surface area (Å²) < 4.78 is 39.9. The van der Waals surface area contributed by atoms with Crippen molar-refractivity contribution in [3.8, 4) is 5.75 Å². The molecule has 1 aromatic rings. The summed E-state index contributed by atoms with van der Waals surface area (Å²) in [6.07, 6.45) is -0.825. The van der Waals surface area contributed by atoms with Crippen LogP contribution in [0.4, 0.5) is 18.9 Å². The Morgan fingerprint density at radius 1 is 1.33 bits per heavy atom. The van der Waals surface area contributed by atoms with Gasteiger partial charge in [0, 0.05) is 12.2 Å². The van der Waals surface area contributed by atoms with E-state index in [1.165, 1.54) is 43.5 Å². The van der Waals surface area contributed by atoms with E-state index in [1.807, 2.05) is 0 Å². The van der Waals surface area contributed by atoms with Crippen LogP contribution in [0.5, 0.6) is 5.75 Å². The van der Waals surface area contributed by atoms with Crippen molar-refractivity contribution in [1.29, 1.82) is 0 Å². The normalized spacial score (nSPS) is 23.0. The summed E-state index contributed by atoms with van der Waals surface area (Å²) in [7, 11) is 0. The Kier molecular flexibility index (Phi) is 3.22. The van der Waals surface area contributed by atoms with E-state index in [0.29, 0.717) is 23.6 Å². The highest BCUT2D eigenvalue weighted by molar-refractivity contribution is 5.92. The van der Waals surface area contributed by atoms with Gasteiger partial charge in [0.25, 0.3) is 0 Å². The second-order valence-electron chi connectivity index (χ2n) is 5.69. The second kappa shape index (κ2) is 4.82. The highest BCUT2D eigenvalue weighted by Gasteiger charge is 2.62. The molecule has 2 fully saturated rings. The second-order valence-corrected chi connectivity index (χ2v) is 5.69. The molecule has 1 unspecified atom stereocenters. The minimum atomic E-state index is -4.68. The molecule has 0 aliphatic heterocycles. The van der Waals surface area contributed by atoms with Crippen molar-refractivity contribution in [3.63, 3.8) is 0 Å². The first-order valence-electron chi connectivity index (χ1n) is 6.79. The van der Waals surface area contributed by atoms with E-state index in [0.717, 1.165) is 0 Å². The first-order chi connectivity index (χ1) is 9.86. The number of halogens is 3. The number of benzene rings is 1. The van der Waals surface area contributed by atoms with Crippen molar-refractivity contribution < 1.29 is 17.9 Å². The number of hydrogen-bond acceptors (Lipinski definition) is 2. The third kappa shape index (κ3) is 3.59. The molecule has 0 saturated heterocycles. The number of ether oxygens (including phenoxy) is 1. The number of alkyl halides is 3. The van der Waals surface area contributed by atoms with Crippen molar-refractivity contribution in [1.82, 2.24) is 0 Å². The maximum atomic E-state index is 12.0. The fraction of sp³-hybridized carbons (Fsp3) is 0.500. The van der Waals surface area contributed by atoms with E-state index >= 15 is 0 Å². The quantitative estimate of drug-likeness (QED) is 0.663. The number of nitrogens with zero attached hydrogens (tertiary/aromatic N) is 1. The first-order valence-corrected chi connectivity index (χ1v) is 6.79. The average Bonchev–Trinajstić information content (AvgIpc) is 3.29. The van der Waals surface area contributed by atoms with E-state index < -0.39 is 6.36 Å². The zero-order chi connectivity index (χ0) is 15.1. The monoisotopic (exact) mass is 299 g/mol.